The van der Waals surface area contributed by atoms with Crippen LogP contribution in [0.2, 0.25) is 0 Å². The fourth-order valence-corrected chi connectivity index (χ4v) is 4.28. The van der Waals surface area contributed by atoms with E-state index in [2.05, 4.69) is 5.32 Å². The van der Waals surface area contributed by atoms with Gasteiger partial charge in [-0.15, -0.1) is 0 Å². The number of amides is 1. The summed E-state index contributed by atoms with van der Waals surface area (Å²) in [4.78, 5) is 12.2. The van der Waals surface area contributed by atoms with Crippen LogP contribution in [-0.4, -0.2) is 37.0 Å². The van der Waals surface area contributed by atoms with Crippen LogP contribution < -0.4 is 5.32 Å². The van der Waals surface area contributed by atoms with Crippen LogP contribution >= 0.6 is 0 Å². The molecule has 3 rings (SSSR count). The van der Waals surface area contributed by atoms with Gasteiger partial charge in [-0.25, -0.2) is 8.42 Å². The quantitative estimate of drug-likeness (QED) is 0.880. The molecule has 1 aliphatic rings. The second kappa shape index (κ2) is 5.04. The molecule has 0 aliphatic carbocycles. The lowest BCUT2D eigenvalue weighted by molar-refractivity contribution is 0.0938. The van der Waals surface area contributed by atoms with Gasteiger partial charge in [0.1, 0.15) is 5.75 Å². The molecular formula is C15H15NO4S. The molecular weight excluding hydrogens is 290 g/mol. The lowest BCUT2D eigenvalue weighted by Crippen LogP contribution is -2.35. The van der Waals surface area contributed by atoms with Crippen molar-refractivity contribution in [3.63, 3.8) is 0 Å². The maximum Gasteiger partial charge on any atom is 0.255 e. The van der Waals surface area contributed by atoms with Crippen molar-refractivity contribution in [1.82, 2.24) is 5.32 Å². The van der Waals surface area contributed by atoms with E-state index in [9.17, 15) is 18.3 Å². The number of phenols is 1. The van der Waals surface area contributed by atoms with Gasteiger partial charge < -0.3 is 10.4 Å². The van der Waals surface area contributed by atoms with Crippen molar-refractivity contribution >= 4 is 26.5 Å². The van der Waals surface area contributed by atoms with E-state index in [1.54, 1.807) is 24.3 Å². The number of aromatic hydroxyl groups is 1. The Morgan fingerprint density at radius 1 is 1.19 bits per heavy atom. The summed E-state index contributed by atoms with van der Waals surface area (Å²) in [5, 5.41) is 14.3. The number of carbonyl (C=O) groups is 1. The van der Waals surface area contributed by atoms with Crippen molar-refractivity contribution in [2.24, 2.45) is 0 Å². The third-order valence-corrected chi connectivity index (χ3v) is 5.48. The molecule has 0 bridgehead atoms. The number of hydrogen-bond donors (Lipinski definition) is 2. The second-order valence-corrected chi connectivity index (χ2v) is 7.49. The Morgan fingerprint density at radius 3 is 2.67 bits per heavy atom. The van der Waals surface area contributed by atoms with Crippen molar-refractivity contribution < 1.29 is 18.3 Å². The maximum absolute atomic E-state index is 12.2. The largest absolute Gasteiger partial charge is 0.506 e. The van der Waals surface area contributed by atoms with Gasteiger partial charge in [-0.2, -0.15) is 0 Å². The number of hydrogen-bond acceptors (Lipinski definition) is 4. The van der Waals surface area contributed by atoms with Crippen molar-refractivity contribution in [3.05, 3.63) is 42.0 Å². The SMILES string of the molecule is O=C(NC1CCS(=O)(=O)C1)c1ccc2ccccc2c1O. The number of phenolic OH excluding ortho intramolecular Hbond substituents is 1. The van der Waals surface area contributed by atoms with E-state index >= 15 is 0 Å². The molecule has 2 aromatic carbocycles. The Balaban J connectivity index is 1.87. The summed E-state index contributed by atoms with van der Waals surface area (Å²) in [5.41, 5.74) is 0.165. The van der Waals surface area contributed by atoms with Gasteiger partial charge in [0, 0.05) is 11.4 Å². The topological polar surface area (TPSA) is 83.5 Å². The molecule has 6 heteroatoms. The molecule has 110 valence electrons. The summed E-state index contributed by atoms with van der Waals surface area (Å²) in [6, 6.07) is 10.2. The van der Waals surface area contributed by atoms with Crippen LogP contribution in [0, 0.1) is 0 Å². The van der Waals surface area contributed by atoms with Crippen LogP contribution in [0.5, 0.6) is 5.75 Å². The van der Waals surface area contributed by atoms with Gasteiger partial charge in [0.25, 0.3) is 5.91 Å². The average molecular weight is 305 g/mol. The standard InChI is InChI=1S/C15H15NO4S/c17-14-12-4-2-1-3-10(12)5-6-13(14)15(18)16-11-7-8-21(19,20)9-11/h1-6,11,17H,7-9H2,(H,16,18). The van der Waals surface area contributed by atoms with E-state index in [1.165, 1.54) is 0 Å². The van der Waals surface area contributed by atoms with Crippen molar-refractivity contribution in [2.75, 3.05) is 11.5 Å². The number of benzene rings is 2. The van der Waals surface area contributed by atoms with Crippen LogP contribution in [0.3, 0.4) is 0 Å². The third-order valence-electron chi connectivity index (χ3n) is 3.71. The Morgan fingerprint density at radius 2 is 1.95 bits per heavy atom. The Hall–Kier alpha value is -2.08. The number of rotatable bonds is 2. The maximum atomic E-state index is 12.2. The Kier molecular flexibility index (Phi) is 3.33. The molecule has 1 heterocycles. The van der Waals surface area contributed by atoms with E-state index in [4.69, 9.17) is 0 Å². The molecule has 0 radical (unpaired) electrons. The minimum absolute atomic E-state index is 0.0346. The van der Waals surface area contributed by atoms with E-state index in [1.807, 2.05) is 12.1 Å². The molecule has 2 aromatic rings. The van der Waals surface area contributed by atoms with Gasteiger partial charge >= 0.3 is 0 Å². The van der Waals surface area contributed by atoms with Crippen LogP contribution in [0.25, 0.3) is 10.8 Å². The fraction of sp³-hybridized carbons (Fsp3) is 0.267. The molecule has 1 atom stereocenters. The van der Waals surface area contributed by atoms with Crippen molar-refractivity contribution in [2.45, 2.75) is 12.5 Å². The first-order valence-corrected chi connectivity index (χ1v) is 8.50. The highest BCUT2D eigenvalue weighted by molar-refractivity contribution is 7.91. The van der Waals surface area contributed by atoms with E-state index in [-0.39, 0.29) is 28.9 Å². The molecule has 21 heavy (non-hydrogen) atoms. The molecule has 1 amide bonds. The highest BCUT2D eigenvalue weighted by Crippen LogP contribution is 2.28. The molecule has 0 saturated carbocycles. The number of sulfone groups is 1. The molecule has 5 nitrogen and oxygen atoms in total. The predicted molar refractivity (Wildman–Crippen MR) is 80.1 cm³/mol. The molecule has 1 fully saturated rings. The first kappa shape index (κ1) is 13.9. The normalized spacial score (nSPS) is 20.5. The summed E-state index contributed by atoms with van der Waals surface area (Å²) in [7, 11) is -3.05. The summed E-state index contributed by atoms with van der Waals surface area (Å²) in [5.74, 6) is -0.457. The molecule has 1 saturated heterocycles. The summed E-state index contributed by atoms with van der Waals surface area (Å²) in [6.45, 7) is 0. The highest BCUT2D eigenvalue weighted by Gasteiger charge is 2.29. The van der Waals surface area contributed by atoms with Crippen LogP contribution in [0.1, 0.15) is 16.8 Å². The van der Waals surface area contributed by atoms with Crippen LogP contribution in [0.15, 0.2) is 36.4 Å². The Bertz CT molecular complexity index is 814. The smallest absolute Gasteiger partial charge is 0.255 e. The molecule has 0 aromatic heterocycles. The van der Waals surface area contributed by atoms with E-state index < -0.39 is 15.7 Å². The third kappa shape index (κ3) is 2.71. The van der Waals surface area contributed by atoms with Crippen LogP contribution in [-0.2, 0) is 9.84 Å². The van der Waals surface area contributed by atoms with Crippen LogP contribution in [0.4, 0.5) is 0 Å². The first-order chi connectivity index (χ1) is 9.96. The van der Waals surface area contributed by atoms with Gasteiger partial charge in [0.2, 0.25) is 0 Å². The molecule has 2 N–H and O–H groups in total. The van der Waals surface area contributed by atoms with E-state index in [0.29, 0.717) is 11.8 Å². The lowest BCUT2D eigenvalue weighted by atomic mass is 10.0. The van der Waals surface area contributed by atoms with Gasteiger partial charge in [-0.1, -0.05) is 30.3 Å². The first-order valence-electron chi connectivity index (χ1n) is 6.68. The highest BCUT2D eigenvalue weighted by atomic mass is 32.2. The molecule has 1 unspecified atom stereocenters. The molecule has 0 spiro atoms. The number of nitrogens with one attached hydrogen (secondary N) is 1. The summed E-state index contributed by atoms with van der Waals surface area (Å²) in [6.07, 6.45) is 0.419. The minimum atomic E-state index is -3.05. The predicted octanol–water partition coefficient (Wildman–Crippen LogP) is 1.46. The zero-order valence-electron chi connectivity index (χ0n) is 11.2. The summed E-state index contributed by atoms with van der Waals surface area (Å²) < 4.78 is 22.8. The average Bonchev–Trinajstić information content (AvgIpc) is 2.78. The Labute approximate surface area is 122 Å². The second-order valence-electron chi connectivity index (χ2n) is 5.26. The number of fused-ring (bicyclic) bond motifs is 1. The van der Waals surface area contributed by atoms with Gasteiger partial charge in [-0.05, 0) is 17.9 Å². The van der Waals surface area contributed by atoms with Crippen molar-refractivity contribution in [1.29, 1.82) is 0 Å². The zero-order valence-corrected chi connectivity index (χ0v) is 12.1. The molecule has 1 aliphatic heterocycles. The zero-order chi connectivity index (χ0) is 15.0. The van der Waals surface area contributed by atoms with E-state index in [0.717, 1.165) is 5.39 Å². The van der Waals surface area contributed by atoms with Gasteiger partial charge in [-0.3, -0.25) is 4.79 Å². The number of carbonyl (C=O) groups excluding carboxylic acids is 1. The fourth-order valence-electron chi connectivity index (χ4n) is 2.61. The summed E-state index contributed by atoms with van der Waals surface area (Å²) >= 11 is 0. The lowest BCUT2D eigenvalue weighted by Gasteiger charge is -2.12. The van der Waals surface area contributed by atoms with Crippen molar-refractivity contribution in [3.8, 4) is 5.75 Å². The van der Waals surface area contributed by atoms with Gasteiger partial charge in [0.15, 0.2) is 9.84 Å². The van der Waals surface area contributed by atoms with Gasteiger partial charge in [0.05, 0.1) is 17.1 Å². The minimum Gasteiger partial charge on any atom is -0.506 e. The monoisotopic (exact) mass is 305 g/mol.